The zero-order valence-corrected chi connectivity index (χ0v) is 10.8. The van der Waals surface area contributed by atoms with Gasteiger partial charge in [-0.3, -0.25) is 9.48 Å². The minimum atomic E-state index is -0.0287. The number of nitrogen functional groups attached to an aromatic ring is 1. The molecule has 0 radical (unpaired) electrons. The number of hydrogen-bond acceptors (Lipinski definition) is 2. The molecule has 0 fully saturated rings. The molecule has 1 rings (SSSR count). The topological polar surface area (TPSA) is 52.9 Å². The lowest BCUT2D eigenvalue weighted by Gasteiger charge is -2.15. The number of aromatic nitrogens is 2. The molecule has 4 nitrogen and oxygen atoms in total. The van der Waals surface area contributed by atoms with Crippen molar-refractivity contribution in [3.63, 3.8) is 0 Å². The Labute approximate surface area is 97.0 Å². The van der Waals surface area contributed by atoms with Crippen molar-refractivity contribution in [3.05, 3.63) is 16.0 Å². The molecule has 1 aromatic rings. The third kappa shape index (κ3) is 2.15. The second-order valence-corrected chi connectivity index (χ2v) is 4.51. The van der Waals surface area contributed by atoms with Crippen molar-refractivity contribution in [2.24, 2.45) is 0 Å². The summed E-state index contributed by atoms with van der Waals surface area (Å²) in [6.45, 7) is 9.94. The van der Waals surface area contributed by atoms with Crippen molar-refractivity contribution in [3.8, 4) is 0 Å². The largest absolute Gasteiger partial charge is 0.393 e. The van der Waals surface area contributed by atoms with E-state index in [0.717, 1.165) is 31.6 Å². The monoisotopic (exact) mass is 225 g/mol. The van der Waals surface area contributed by atoms with Gasteiger partial charge in [0.25, 0.3) is 5.56 Å². The van der Waals surface area contributed by atoms with E-state index in [1.54, 1.807) is 4.68 Å². The molecular weight excluding hydrogens is 202 g/mol. The Morgan fingerprint density at radius 1 is 1.12 bits per heavy atom. The standard InChI is InChI=1S/C12H23N3O/c1-5-7-14-11(9(3)4)10(13)12(16)15(14)8-6-2/h9H,5-8,13H2,1-4H3. The molecule has 0 aromatic carbocycles. The van der Waals surface area contributed by atoms with E-state index < -0.39 is 0 Å². The molecule has 16 heavy (non-hydrogen) atoms. The van der Waals surface area contributed by atoms with Crippen molar-refractivity contribution in [1.82, 2.24) is 9.36 Å². The molecular formula is C12H23N3O. The van der Waals surface area contributed by atoms with Gasteiger partial charge in [-0.25, -0.2) is 4.68 Å². The Bertz CT molecular complexity index is 401. The molecule has 0 amide bonds. The van der Waals surface area contributed by atoms with Gasteiger partial charge in [-0.1, -0.05) is 27.7 Å². The van der Waals surface area contributed by atoms with Crippen LogP contribution in [0.3, 0.4) is 0 Å². The summed E-state index contributed by atoms with van der Waals surface area (Å²) in [7, 11) is 0. The van der Waals surface area contributed by atoms with Crippen LogP contribution in [0.1, 0.15) is 52.1 Å². The van der Waals surface area contributed by atoms with Crippen molar-refractivity contribution < 1.29 is 0 Å². The van der Waals surface area contributed by atoms with Crippen molar-refractivity contribution >= 4 is 5.69 Å². The molecule has 0 bridgehead atoms. The highest BCUT2D eigenvalue weighted by molar-refractivity contribution is 5.43. The number of anilines is 1. The maximum Gasteiger partial charge on any atom is 0.290 e. The first kappa shape index (κ1) is 12.9. The summed E-state index contributed by atoms with van der Waals surface area (Å²) in [4.78, 5) is 12.0. The van der Waals surface area contributed by atoms with E-state index in [9.17, 15) is 4.79 Å². The number of nitrogens with zero attached hydrogens (tertiary/aromatic N) is 2. The van der Waals surface area contributed by atoms with E-state index in [-0.39, 0.29) is 11.5 Å². The molecule has 0 aliphatic carbocycles. The van der Waals surface area contributed by atoms with E-state index in [2.05, 4.69) is 32.4 Å². The third-order valence-corrected chi connectivity index (χ3v) is 2.73. The van der Waals surface area contributed by atoms with Crippen LogP contribution in [0.25, 0.3) is 0 Å². The van der Waals surface area contributed by atoms with Crippen LogP contribution in [-0.4, -0.2) is 9.36 Å². The van der Waals surface area contributed by atoms with Crippen molar-refractivity contribution in [2.75, 3.05) is 5.73 Å². The maximum atomic E-state index is 12.0. The van der Waals surface area contributed by atoms with Crippen LogP contribution >= 0.6 is 0 Å². The first-order valence-electron chi connectivity index (χ1n) is 6.13. The van der Waals surface area contributed by atoms with E-state index in [0.29, 0.717) is 5.69 Å². The van der Waals surface area contributed by atoms with Crippen LogP contribution in [0, 0.1) is 0 Å². The fraction of sp³-hybridized carbons (Fsp3) is 0.750. The van der Waals surface area contributed by atoms with E-state index >= 15 is 0 Å². The highest BCUT2D eigenvalue weighted by atomic mass is 16.1. The average molecular weight is 225 g/mol. The van der Waals surface area contributed by atoms with Gasteiger partial charge in [-0.05, 0) is 18.8 Å². The Morgan fingerprint density at radius 2 is 1.62 bits per heavy atom. The lowest BCUT2D eigenvalue weighted by atomic mass is 10.1. The lowest BCUT2D eigenvalue weighted by molar-refractivity contribution is 0.418. The summed E-state index contributed by atoms with van der Waals surface area (Å²) < 4.78 is 3.85. The van der Waals surface area contributed by atoms with Gasteiger partial charge in [-0.15, -0.1) is 0 Å². The summed E-state index contributed by atoms with van der Waals surface area (Å²) in [5, 5.41) is 0. The normalized spacial score (nSPS) is 11.3. The lowest BCUT2D eigenvalue weighted by Crippen LogP contribution is -2.24. The Kier molecular flexibility index (Phi) is 4.21. The Hall–Kier alpha value is -1.19. The van der Waals surface area contributed by atoms with Gasteiger partial charge in [0, 0.05) is 13.1 Å². The van der Waals surface area contributed by atoms with Crippen LogP contribution in [0.15, 0.2) is 4.79 Å². The summed E-state index contributed by atoms with van der Waals surface area (Å²) in [5.41, 5.74) is 7.30. The number of hydrogen-bond donors (Lipinski definition) is 1. The molecule has 0 atom stereocenters. The van der Waals surface area contributed by atoms with Crippen LogP contribution in [0.5, 0.6) is 0 Å². The molecule has 0 spiro atoms. The zero-order valence-electron chi connectivity index (χ0n) is 10.8. The smallest absolute Gasteiger partial charge is 0.290 e. The van der Waals surface area contributed by atoms with Crippen molar-refractivity contribution in [2.45, 2.75) is 59.5 Å². The summed E-state index contributed by atoms with van der Waals surface area (Å²) in [6.07, 6.45) is 1.96. The fourth-order valence-electron chi connectivity index (χ4n) is 2.12. The maximum absolute atomic E-state index is 12.0. The van der Waals surface area contributed by atoms with Gasteiger partial charge < -0.3 is 5.73 Å². The van der Waals surface area contributed by atoms with Gasteiger partial charge in [0.2, 0.25) is 0 Å². The van der Waals surface area contributed by atoms with Gasteiger partial charge >= 0.3 is 0 Å². The summed E-state index contributed by atoms with van der Waals surface area (Å²) in [6, 6.07) is 0. The predicted molar refractivity (Wildman–Crippen MR) is 67.8 cm³/mol. The average Bonchev–Trinajstić information content (AvgIpc) is 2.44. The molecule has 2 N–H and O–H groups in total. The number of nitrogens with two attached hydrogens (primary N) is 1. The van der Waals surface area contributed by atoms with Crippen LogP contribution in [0.4, 0.5) is 5.69 Å². The second-order valence-electron chi connectivity index (χ2n) is 4.51. The molecule has 92 valence electrons. The highest BCUT2D eigenvalue weighted by Crippen LogP contribution is 2.20. The van der Waals surface area contributed by atoms with Gasteiger partial charge in [0.1, 0.15) is 5.69 Å². The van der Waals surface area contributed by atoms with Gasteiger partial charge in [0.15, 0.2) is 0 Å². The minimum absolute atomic E-state index is 0.0287. The SMILES string of the molecule is CCCn1c(C(C)C)c(N)c(=O)n1CCC. The minimum Gasteiger partial charge on any atom is -0.393 e. The van der Waals surface area contributed by atoms with Crippen molar-refractivity contribution in [1.29, 1.82) is 0 Å². The molecule has 4 heteroatoms. The quantitative estimate of drug-likeness (QED) is 0.835. The molecule has 1 aromatic heterocycles. The molecule has 0 saturated carbocycles. The van der Waals surface area contributed by atoms with E-state index in [4.69, 9.17) is 5.73 Å². The predicted octanol–water partition coefficient (Wildman–Crippen LogP) is 2.18. The van der Waals surface area contributed by atoms with Crippen LogP contribution in [-0.2, 0) is 13.1 Å². The molecule has 0 aliphatic rings. The van der Waals surface area contributed by atoms with Crippen LogP contribution < -0.4 is 11.3 Å². The molecule has 0 unspecified atom stereocenters. The van der Waals surface area contributed by atoms with E-state index in [1.165, 1.54) is 0 Å². The third-order valence-electron chi connectivity index (χ3n) is 2.73. The first-order valence-corrected chi connectivity index (χ1v) is 6.13. The molecule has 0 saturated heterocycles. The summed E-state index contributed by atoms with van der Waals surface area (Å²) in [5.74, 6) is 0.289. The fourth-order valence-corrected chi connectivity index (χ4v) is 2.12. The van der Waals surface area contributed by atoms with Gasteiger partial charge in [0.05, 0.1) is 5.69 Å². The highest BCUT2D eigenvalue weighted by Gasteiger charge is 2.18. The second kappa shape index (κ2) is 5.23. The van der Waals surface area contributed by atoms with Gasteiger partial charge in [-0.2, -0.15) is 0 Å². The van der Waals surface area contributed by atoms with E-state index in [1.807, 2.05) is 0 Å². The molecule has 1 heterocycles. The zero-order chi connectivity index (χ0) is 12.3. The Morgan fingerprint density at radius 3 is 2.06 bits per heavy atom. The number of rotatable bonds is 5. The first-order chi connectivity index (χ1) is 7.54. The van der Waals surface area contributed by atoms with Crippen LogP contribution in [0.2, 0.25) is 0 Å². The summed E-state index contributed by atoms with van der Waals surface area (Å²) >= 11 is 0. The Balaban J connectivity index is 3.36. The molecule has 0 aliphatic heterocycles.